The van der Waals surface area contributed by atoms with Crippen LogP contribution in [-0.2, 0) is 5.41 Å². The molecule has 0 N–H and O–H groups in total. The second-order valence-corrected chi connectivity index (χ2v) is 15.5. The lowest BCUT2D eigenvalue weighted by atomic mass is 9.67. The SMILES string of the molecule is N#Cc1ccc(-c2ccc(-n3c4ccccc4c4ccc5c(c43)-c3ccccc3C5(c3ccccc3)c3ccccc3)cc2)c(-n2c3ccccc3c3ccccc32)c1. The molecule has 0 amide bonds. The van der Waals surface area contributed by atoms with Crippen LogP contribution < -0.4 is 0 Å². The molecule has 12 rings (SSSR count). The number of para-hydroxylation sites is 3. The molecule has 3 nitrogen and oxygen atoms in total. The molecule has 2 aromatic heterocycles. The first-order valence-electron chi connectivity index (χ1n) is 20.2. The maximum absolute atomic E-state index is 10.1. The van der Waals surface area contributed by atoms with Gasteiger partial charge >= 0.3 is 0 Å². The molecule has 9 aromatic carbocycles. The Morgan fingerprint density at radius 2 is 0.949 bits per heavy atom. The van der Waals surface area contributed by atoms with Gasteiger partial charge in [-0.05, 0) is 75.8 Å². The van der Waals surface area contributed by atoms with Gasteiger partial charge in [0.1, 0.15) is 0 Å². The van der Waals surface area contributed by atoms with E-state index >= 15 is 0 Å². The minimum absolute atomic E-state index is 0.493. The molecular weight excluding hydrogens is 715 g/mol. The zero-order chi connectivity index (χ0) is 39.1. The Hall–Kier alpha value is -7.93. The summed E-state index contributed by atoms with van der Waals surface area (Å²) >= 11 is 0. The van der Waals surface area contributed by atoms with Gasteiger partial charge in [-0.25, -0.2) is 0 Å². The fourth-order valence-electron chi connectivity index (χ4n) is 10.3. The highest BCUT2D eigenvalue weighted by molar-refractivity contribution is 6.16. The van der Waals surface area contributed by atoms with Crippen LogP contribution in [0.4, 0.5) is 0 Å². The summed E-state index contributed by atoms with van der Waals surface area (Å²) in [4.78, 5) is 0. The number of fused-ring (bicyclic) bond motifs is 10. The normalized spacial score (nSPS) is 12.9. The number of nitrogens with zero attached hydrogens (tertiary/aromatic N) is 3. The molecule has 274 valence electrons. The van der Waals surface area contributed by atoms with Gasteiger partial charge in [-0.15, -0.1) is 0 Å². The van der Waals surface area contributed by atoms with Crippen molar-refractivity contribution in [1.29, 1.82) is 5.26 Å². The summed E-state index contributed by atoms with van der Waals surface area (Å²) in [6, 6.07) is 79.1. The van der Waals surface area contributed by atoms with Crippen molar-refractivity contribution in [3.63, 3.8) is 0 Å². The predicted molar refractivity (Wildman–Crippen MR) is 243 cm³/mol. The lowest BCUT2D eigenvalue weighted by Gasteiger charge is -2.33. The van der Waals surface area contributed by atoms with E-state index < -0.39 is 5.41 Å². The number of hydrogen-bond acceptors (Lipinski definition) is 1. The van der Waals surface area contributed by atoms with Gasteiger partial charge in [0.2, 0.25) is 0 Å². The summed E-state index contributed by atoms with van der Waals surface area (Å²) in [6.45, 7) is 0. The van der Waals surface area contributed by atoms with Crippen LogP contribution in [0.2, 0.25) is 0 Å². The Morgan fingerprint density at radius 1 is 0.407 bits per heavy atom. The van der Waals surface area contributed by atoms with Gasteiger partial charge in [0.15, 0.2) is 0 Å². The van der Waals surface area contributed by atoms with Gasteiger partial charge in [0.25, 0.3) is 0 Å². The first-order chi connectivity index (χ1) is 29.3. The van der Waals surface area contributed by atoms with Gasteiger partial charge in [-0.2, -0.15) is 5.26 Å². The van der Waals surface area contributed by atoms with Crippen LogP contribution in [0.3, 0.4) is 0 Å². The first kappa shape index (κ1) is 33.2. The minimum Gasteiger partial charge on any atom is -0.309 e. The van der Waals surface area contributed by atoms with Crippen molar-refractivity contribution in [1.82, 2.24) is 9.13 Å². The van der Waals surface area contributed by atoms with E-state index in [-0.39, 0.29) is 0 Å². The van der Waals surface area contributed by atoms with E-state index in [4.69, 9.17) is 0 Å². The van der Waals surface area contributed by atoms with E-state index in [2.05, 4.69) is 215 Å². The molecule has 59 heavy (non-hydrogen) atoms. The molecular formula is C56H35N3. The third-order valence-electron chi connectivity index (χ3n) is 12.6. The molecule has 0 saturated carbocycles. The molecule has 0 bridgehead atoms. The molecule has 3 heteroatoms. The van der Waals surface area contributed by atoms with Crippen molar-refractivity contribution in [2.75, 3.05) is 0 Å². The van der Waals surface area contributed by atoms with Crippen LogP contribution in [0, 0.1) is 11.3 Å². The fraction of sp³-hybridized carbons (Fsp3) is 0.0179. The predicted octanol–water partition coefficient (Wildman–Crippen LogP) is 13.8. The number of benzene rings is 9. The second-order valence-electron chi connectivity index (χ2n) is 15.5. The van der Waals surface area contributed by atoms with E-state index in [9.17, 15) is 5.26 Å². The summed E-state index contributed by atoms with van der Waals surface area (Å²) in [5, 5.41) is 14.9. The van der Waals surface area contributed by atoms with Crippen LogP contribution in [0.15, 0.2) is 212 Å². The average molecular weight is 750 g/mol. The van der Waals surface area contributed by atoms with Crippen molar-refractivity contribution in [3.05, 3.63) is 240 Å². The van der Waals surface area contributed by atoms with Gasteiger partial charge in [-0.3, -0.25) is 0 Å². The quantitative estimate of drug-likeness (QED) is 0.172. The number of hydrogen-bond donors (Lipinski definition) is 0. The zero-order valence-electron chi connectivity index (χ0n) is 32.0. The third kappa shape index (κ3) is 4.63. The molecule has 0 unspecified atom stereocenters. The van der Waals surface area contributed by atoms with E-state index in [1.54, 1.807) is 0 Å². The Labute approximate surface area is 341 Å². The van der Waals surface area contributed by atoms with Gasteiger partial charge in [-0.1, -0.05) is 170 Å². The Kier molecular flexibility index (Phi) is 7.21. The van der Waals surface area contributed by atoms with Gasteiger partial charge in [0.05, 0.1) is 44.8 Å². The molecule has 1 aliphatic carbocycles. The van der Waals surface area contributed by atoms with Crippen LogP contribution in [0.25, 0.3) is 77.2 Å². The lowest BCUT2D eigenvalue weighted by Crippen LogP contribution is -2.28. The Morgan fingerprint density at radius 3 is 1.58 bits per heavy atom. The summed E-state index contributed by atoms with van der Waals surface area (Å²) in [5.41, 5.74) is 16.6. The number of aromatic nitrogens is 2. The maximum Gasteiger partial charge on any atom is 0.0992 e. The van der Waals surface area contributed by atoms with Crippen LogP contribution >= 0.6 is 0 Å². The maximum atomic E-state index is 10.1. The molecule has 0 atom stereocenters. The Balaban J connectivity index is 1.11. The lowest BCUT2D eigenvalue weighted by molar-refractivity contribution is 0.769. The highest BCUT2D eigenvalue weighted by Crippen LogP contribution is 2.58. The smallest absolute Gasteiger partial charge is 0.0992 e. The van der Waals surface area contributed by atoms with Crippen molar-refractivity contribution >= 4 is 43.6 Å². The van der Waals surface area contributed by atoms with E-state index in [1.807, 2.05) is 12.1 Å². The molecule has 0 saturated heterocycles. The Bertz CT molecular complexity index is 3400. The van der Waals surface area contributed by atoms with E-state index in [0.29, 0.717) is 5.56 Å². The fourth-order valence-corrected chi connectivity index (χ4v) is 10.3. The molecule has 11 aromatic rings. The largest absolute Gasteiger partial charge is 0.309 e. The van der Waals surface area contributed by atoms with E-state index in [0.717, 1.165) is 33.5 Å². The number of rotatable bonds is 5. The van der Waals surface area contributed by atoms with Crippen LogP contribution in [0.1, 0.15) is 27.8 Å². The summed E-state index contributed by atoms with van der Waals surface area (Å²) in [7, 11) is 0. The molecule has 2 heterocycles. The van der Waals surface area contributed by atoms with Crippen molar-refractivity contribution in [2.45, 2.75) is 5.41 Å². The summed E-state index contributed by atoms with van der Waals surface area (Å²) in [6.07, 6.45) is 0. The van der Waals surface area contributed by atoms with E-state index in [1.165, 1.54) is 66.0 Å². The molecule has 0 spiro atoms. The molecule has 0 radical (unpaired) electrons. The van der Waals surface area contributed by atoms with Crippen LogP contribution in [-0.4, -0.2) is 9.13 Å². The molecule has 0 aliphatic heterocycles. The molecule has 0 fully saturated rings. The van der Waals surface area contributed by atoms with Crippen molar-refractivity contribution in [3.8, 4) is 39.7 Å². The monoisotopic (exact) mass is 749 g/mol. The summed E-state index contributed by atoms with van der Waals surface area (Å²) < 4.78 is 4.79. The van der Waals surface area contributed by atoms with Crippen molar-refractivity contribution in [2.24, 2.45) is 0 Å². The second kappa shape index (κ2) is 12.8. The van der Waals surface area contributed by atoms with Crippen molar-refractivity contribution < 1.29 is 0 Å². The van der Waals surface area contributed by atoms with Gasteiger partial charge in [0, 0.05) is 38.4 Å². The topological polar surface area (TPSA) is 33.6 Å². The number of nitriles is 1. The van der Waals surface area contributed by atoms with Crippen LogP contribution in [0.5, 0.6) is 0 Å². The highest BCUT2D eigenvalue weighted by atomic mass is 15.0. The zero-order valence-corrected chi connectivity index (χ0v) is 32.0. The summed E-state index contributed by atoms with van der Waals surface area (Å²) in [5.74, 6) is 0. The standard InChI is InChI=1S/C56H35N3/c57-36-37-27-32-42(53(35-37)59-51-25-13-8-19-43(51)44-20-9-14-26-52(44)59)38-28-30-41(31-29-38)58-50-24-12-10-21-45(50)46-33-34-49-54(55(46)58)47-22-7-11-23-48(47)56(49,39-15-3-1-4-16-39)40-17-5-2-6-18-40/h1-35H. The first-order valence-corrected chi connectivity index (χ1v) is 20.2. The average Bonchev–Trinajstić information content (AvgIpc) is 3.94. The highest BCUT2D eigenvalue weighted by Gasteiger charge is 2.47. The van der Waals surface area contributed by atoms with Gasteiger partial charge < -0.3 is 9.13 Å². The molecule has 1 aliphatic rings. The minimum atomic E-state index is -0.493. The third-order valence-corrected chi connectivity index (χ3v) is 12.6.